The molecule has 0 aliphatic rings. The van der Waals surface area contributed by atoms with Gasteiger partial charge in [-0.05, 0) is 49.7 Å². The Morgan fingerprint density at radius 3 is 2.36 bits per heavy atom. The molecule has 3 rings (SSSR count). The molecule has 2 aromatic carbocycles. The van der Waals surface area contributed by atoms with Crippen LogP contribution in [-0.4, -0.2) is 30.3 Å². The Hall–Kier alpha value is -3.61. The van der Waals surface area contributed by atoms with Crippen LogP contribution in [0, 0.1) is 13.8 Å². The first kappa shape index (κ1) is 19.2. The standard InChI is InChI=1S/C21H22N4O3/c1-13-5-7-16(14(2)11-13)23-21(26)17-8-10-20(25-24-17)22-18-12-15(27-3)6-9-19(18)28-4/h5-12H,1-4H3,(H,22,25)(H,23,26). The third kappa shape index (κ3) is 4.37. The van der Waals surface area contributed by atoms with Gasteiger partial charge in [0.2, 0.25) is 0 Å². The molecule has 0 aliphatic carbocycles. The maximum Gasteiger partial charge on any atom is 0.276 e. The van der Waals surface area contributed by atoms with Gasteiger partial charge in [0.05, 0.1) is 19.9 Å². The fraction of sp³-hybridized carbons (Fsp3) is 0.190. The molecule has 0 fully saturated rings. The van der Waals surface area contributed by atoms with E-state index in [1.54, 1.807) is 44.6 Å². The van der Waals surface area contributed by atoms with Crippen molar-refractivity contribution in [3.8, 4) is 11.5 Å². The van der Waals surface area contributed by atoms with Crippen molar-refractivity contribution in [3.63, 3.8) is 0 Å². The Kier molecular flexibility index (Phi) is 5.74. The van der Waals surface area contributed by atoms with E-state index >= 15 is 0 Å². The van der Waals surface area contributed by atoms with Gasteiger partial charge >= 0.3 is 0 Å². The summed E-state index contributed by atoms with van der Waals surface area (Å²) in [7, 11) is 3.17. The fourth-order valence-electron chi connectivity index (χ4n) is 2.71. The van der Waals surface area contributed by atoms with Gasteiger partial charge in [-0.1, -0.05) is 17.7 Å². The number of amides is 1. The van der Waals surface area contributed by atoms with Crippen molar-refractivity contribution in [2.24, 2.45) is 0 Å². The number of nitrogens with zero attached hydrogens (tertiary/aromatic N) is 2. The number of hydrogen-bond donors (Lipinski definition) is 2. The van der Waals surface area contributed by atoms with Crippen molar-refractivity contribution in [2.45, 2.75) is 13.8 Å². The first-order valence-corrected chi connectivity index (χ1v) is 8.71. The van der Waals surface area contributed by atoms with Crippen molar-refractivity contribution in [1.29, 1.82) is 0 Å². The van der Waals surface area contributed by atoms with Gasteiger partial charge in [0.1, 0.15) is 11.5 Å². The van der Waals surface area contributed by atoms with Gasteiger partial charge in [-0.15, -0.1) is 10.2 Å². The zero-order valence-electron chi connectivity index (χ0n) is 16.2. The number of carbonyl (C=O) groups is 1. The first-order chi connectivity index (χ1) is 13.5. The van der Waals surface area contributed by atoms with Crippen LogP contribution in [0.25, 0.3) is 0 Å². The SMILES string of the molecule is COc1ccc(OC)c(Nc2ccc(C(=O)Nc3ccc(C)cc3C)nn2)c1. The van der Waals surface area contributed by atoms with E-state index in [-0.39, 0.29) is 11.6 Å². The molecule has 144 valence electrons. The second-order valence-electron chi connectivity index (χ2n) is 6.27. The number of aryl methyl sites for hydroxylation is 2. The number of nitrogens with one attached hydrogen (secondary N) is 2. The highest BCUT2D eigenvalue weighted by Gasteiger charge is 2.11. The minimum absolute atomic E-state index is 0.225. The molecule has 7 heteroatoms. The lowest BCUT2D eigenvalue weighted by molar-refractivity contribution is 0.102. The molecule has 1 amide bonds. The number of hydrogen-bond acceptors (Lipinski definition) is 6. The Labute approximate surface area is 163 Å². The van der Waals surface area contributed by atoms with Crippen LogP contribution in [-0.2, 0) is 0 Å². The molecule has 0 saturated heterocycles. The molecule has 0 unspecified atom stereocenters. The second kappa shape index (κ2) is 8.39. The molecule has 0 aliphatic heterocycles. The third-order valence-corrected chi connectivity index (χ3v) is 4.20. The second-order valence-corrected chi connectivity index (χ2v) is 6.27. The fourth-order valence-corrected chi connectivity index (χ4v) is 2.71. The van der Waals surface area contributed by atoms with Gasteiger partial charge in [0.15, 0.2) is 11.5 Å². The van der Waals surface area contributed by atoms with Gasteiger partial charge in [0, 0.05) is 11.8 Å². The highest BCUT2D eigenvalue weighted by atomic mass is 16.5. The molecule has 0 bridgehead atoms. The van der Waals surface area contributed by atoms with Gasteiger partial charge < -0.3 is 20.1 Å². The molecular formula is C21H22N4O3. The van der Waals surface area contributed by atoms with Crippen LogP contribution in [0.5, 0.6) is 11.5 Å². The highest BCUT2D eigenvalue weighted by Crippen LogP contribution is 2.30. The van der Waals surface area contributed by atoms with Crippen molar-refractivity contribution < 1.29 is 14.3 Å². The molecule has 0 atom stereocenters. The lowest BCUT2D eigenvalue weighted by atomic mass is 10.1. The van der Waals surface area contributed by atoms with E-state index < -0.39 is 0 Å². The Bertz CT molecular complexity index is 987. The van der Waals surface area contributed by atoms with E-state index in [1.165, 1.54) is 0 Å². The normalized spacial score (nSPS) is 10.3. The van der Waals surface area contributed by atoms with Crippen LogP contribution in [0.2, 0.25) is 0 Å². The lowest BCUT2D eigenvalue weighted by Gasteiger charge is -2.12. The summed E-state index contributed by atoms with van der Waals surface area (Å²) >= 11 is 0. The Morgan fingerprint density at radius 2 is 1.71 bits per heavy atom. The van der Waals surface area contributed by atoms with Crippen molar-refractivity contribution in [1.82, 2.24) is 10.2 Å². The van der Waals surface area contributed by atoms with Crippen molar-refractivity contribution >= 4 is 23.1 Å². The van der Waals surface area contributed by atoms with E-state index in [0.717, 1.165) is 16.8 Å². The van der Waals surface area contributed by atoms with E-state index in [9.17, 15) is 4.79 Å². The quantitative estimate of drug-likeness (QED) is 0.671. The van der Waals surface area contributed by atoms with Crippen molar-refractivity contribution in [3.05, 3.63) is 65.4 Å². The Morgan fingerprint density at radius 1 is 0.893 bits per heavy atom. The summed E-state index contributed by atoms with van der Waals surface area (Å²) in [5.41, 5.74) is 3.79. The van der Waals surface area contributed by atoms with Crippen LogP contribution in [0.3, 0.4) is 0 Å². The van der Waals surface area contributed by atoms with Crippen LogP contribution in [0.4, 0.5) is 17.2 Å². The Balaban J connectivity index is 1.74. The summed E-state index contributed by atoms with van der Waals surface area (Å²) in [6.07, 6.45) is 0. The topological polar surface area (TPSA) is 85.4 Å². The molecule has 0 radical (unpaired) electrons. The number of rotatable bonds is 6. The van der Waals surface area contributed by atoms with Crippen LogP contribution < -0.4 is 20.1 Å². The molecule has 0 spiro atoms. The number of carbonyl (C=O) groups excluding carboxylic acids is 1. The monoisotopic (exact) mass is 378 g/mol. The van der Waals surface area contributed by atoms with E-state index in [0.29, 0.717) is 23.0 Å². The van der Waals surface area contributed by atoms with Gasteiger partial charge in [-0.2, -0.15) is 0 Å². The molecule has 28 heavy (non-hydrogen) atoms. The maximum absolute atomic E-state index is 12.4. The van der Waals surface area contributed by atoms with Gasteiger partial charge in [0.25, 0.3) is 5.91 Å². The summed E-state index contributed by atoms with van der Waals surface area (Å²) < 4.78 is 10.6. The predicted molar refractivity (Wildman–Crippen MR) is 109 cm³/mol. The summed E-state index contributed by atoms with van der Waals surface area (Å²) in [6.45, 7) is 3.95. The van der Waals surface area contributed by atoms with E-state index in [1.807, 2.05) is 32.0 Å². The van der Waals surface area contributed by atoms with E-state index in [4.69, 9.17) is 9.47 Å². The zero-order valence-corrected chi connectivity index (χ0v) is 16.2. The van der Waals surface area contributed by atoms with Crippen molar-refractivity contribution in [2.75, 3.05) is 24.9 Å². The van der Waals surface area contributed by atoms with Gasteiger partial charge in [-0.25, -0.2) is 0 Å². The largest absolute Gasteiger partial charge is 0.497 e. The molecule has 0 saturated carbocycles. The molecule has 7 nitrogen and oxygen atoms in total. The summed E-state index contributed by atoms with van der Waals surface area (Å²) in [5.74, 6) is 1.49. The molecule has 3 aromatic rings. The summed E-state index contributed by atoms with van der Waals surface area (Å²) in [6, 6.07) is 14.5. The number of ether oxygens (including phenoxy) is 2. The average Bonchev–Trinajstić information content (AvgIpc) is 2.70. The minimum Gasteiger partial charge on any atom is -0.497 e. The number of methoxy groups -OCH3 is 2. The minimum atomic E-state index is -0.315. The lowest BCUT2D eigenvalue weighted by Crippen LogP contribution is -2.15. The van der Waals surface area contributed by atoms with Crippen LogP contribution in [0.1, 0.15) is 21.6 Å². The third-order valence-electron chi connectivity index (χ3n) is 4.20. The van der Waals surface area contributed by atoms with Crippen LogP contribution >= 0.6 is 0 Å². The average molecular weight is 378 g/mol. The van der Waals surface area contributed by atoms with Gasteiger partial charge in [-0.3, -0.25) is 4.79 Å². The predicted octanol–water partition coefficient (Wildman–Crippen LogP) is 4.11. The van der Waals surface area contributed by atoms with Crippen LogP contribution in [0.15, 0.2) is 48.5 Å². The summed E-state index contributed by atoms with van der Waals surface area (Å²) in [4.78, 5) is 12.4. The van der Waals surface area contributed by atoms with E-state index in [2.05, 4.69) is 20.8 Å². The zero-order chi connectivity index (χ0) is 20.1. The number of anilines is 3. The number of aromatic nitrogens is 2. The molecular weight excluding hydrogens is 356 g/mol. The highest BCUT2D eigenvalue weighted by molar-refractivity contribution is 6.03. The summed E-state index contributed by atoms with van der Waals surface area (Å²) in [5, 5.41) is 14.1. The maximum atomic E-state index is 12.4. The molecule has 2 N–H and O–H groups in total. The molecule has 1 aromatic heterocycles. The first-order valence-electron chi connectivity index (χ1n) is 8.71. The number of benzene rings is 2. The molecule has 1 heterocycles. The smallest absolute Gasteiger partial charge is 0.276 e.